The minimum atomic E-state index is -1.12. The number of piperazine rings is 1. The molecule has 2 fully saturated rings. The molecule has 1 atom stereocenters. The highest BCUT2D eigenvalue weighted by Gasteiger charge is 2.37. The maximum absolute atomic E-state index is 13.5. The van der Waals surface area contributed by atoms with Gasteiger partial charge >= 0.3 is 17.7 Å². The number of fused-ring (bicyclic) bond motifs is 1. The van der Waals surface area contributed by atoms with E-state index in [4.69, 9.17) is 22.0 Å². The summed E-state index contributed by atoms with van der Waals surface area (Å²) in [7, 11) is 0. The molecule has 2 aliphatic rings. The zero-order chi connectivity index (χ0) is 34.7. The van der Waals surface area contributed by atoms with Gasteiger partial charge in [-0.1, -0.05) is 11.6 Å². The Labute approximate surface area is 280 Å². The Kier molecular flexibility index (Phi) is 10.2. The van der Waals surface area contributed by atoms with Crippen molar-refractivity contribution >= 4 is 57.7 Å². The van der Waals surface area contributed by atoms with Crippen LogP contribution in [0.1, 0.15) is 57.6 Å². The van der Waals surface area contributed by atoms with E-state index in [1.807, 2.05) is 19.9 Å². The Morgan fingerprint density at radius 1 is 1.02 bits per heavy atom. The Morgan fingerprint density at radius 3 is 2.38 bits per heavy atom. The number of anilines is 2. The Morgan fingerprint density at radius 2 is 1.73 bits per heavy atom. The third kappa shape index (κ3) is 7.52. The number of benzene rings is 2. The fourth-order valence-corrected chi connectivity index (χ4v) is 6.04. The maximum atomic E-state index is 13.5. The summed E-state index contributed by atoms with van der Waals surface area (Å²) in [6.45, 7) is 3.98. The molecule has 1 saturated heterocycles. The number of rotatable bonds is 10. The third-order valence-corrected chi connectivity index (χ3v) is 8.82. The van der Waals surface area contributed by atoms with Crippen LogP contribution in [0.25, 0.3) is 10.9 Å². The van der Waals surface area contributed by atoms with E-state index < -0.39 is 35.4 Å². The molecule has 14 nitrogen and oxygen atoms in total. The fraction of sp³-hybridized carbons (Fsp3) is 0.424. The lowest BCUT2D eigenvalue weighted by Gasteiger charge is -2.40. The van der Waals surface area contributed by atoms with Gasteiger partial charge in [0, 0.05) is 49.9 Å². The maximum Gasteiger partial charge on any atom is 0.331 e. The van der Waals surface area contributed by atoms with Crippen LogP contribution in [-0.4, -0.2) is 73.5 Å². The van der Waals surface area contributed by atoms with E-state index in [0.29, 0.717) is 17.7 Å². The second-order valence-electron chi connectivity index (χ2n) is 12.4. The van der Waals surface area contributed by atoms with Crippen LogP contribution in [0.2, 0.25) is 5.02 Å². The van der Waals surface area contributed by atoms with Gasteiger partial charge in [-0.3, -0.25) is 28.3 Å². The summed E-state index contributed by atoms with van der Waals surface area (Å²) >= 11 is 6.13. The van der Waals surface area contributed by atoms with E-state index in [2.05, 4.69) is 10.6 Å². The first kappa shape index (κ1) is 34.2. The number of carboxylic acid groups (broad SMARTS) is 1. The molecule has 48 heavy (non-hydrogen) atoms. The average Bonchev–Trinajstić information content (AvgIpc) is 3.87. The summed E-state index contributed by atoms with van der Waals surface area (Å²) in [5, 5.41) is 24.1. The SMILES string of the molecule is CC(C)n1c(=O)n(CC2CC2)c(=O)c2cc(NC(=O)N3CCN(C(=O)CCCC(=O)O)C(C(=O)Nc4ccc(C#N)c(Cl)c4)C3)ccc21. The molecule has 15 heteroatoms. The molecule has 4 amide bonds. The van der Waals surface area contributed by atoms with Crippen LogP contribution < -0.4 is 21.9 Å². The smallest absolute Gasteiger partial charge is 0.331 e. The fourth-order valence-electron chi connectivity index (χ4n) is 5.82. The highest BCUT2D eigenvalue weighted by atomic mass is 35.5. The summed E-state index contributed by atoms with van der Waals surface area (Å²) in [6, 6.07) is 9.15. The Hall–Kier alpha value is -5.16. The molecule has 5 rings (SSSR count). The number of aromatic nitrogens is 2. The van der Waals surface area contributed by atoms with Crippen LogP contribution in [0, 0.1) is 17.2 Å². The zero-order valence-electron chi connectivity index (χ0n) is 26.6. The molecule has 3 N–H and O–H groups in total. The average molecular weight is 678 g/mol. The van der Waals surface area contributed by atoms with Crippen LogP contribution in [0.5, 0.6) is 0 Å². The van der Waals surface area contributed by atoms with Gasteiger partial charge < -0.3 is 25.5 Å². The number of amides is 4. The molecule has 0 bridgehead atoms. The number of nitriles is 1. The van der Waals surface area contributed by atoms with E-state index >= 15 is 0 Å². The predicted molar refractivity (Wildman–Crippen MR) is 178 cm³/mol. The van der Waals surface area contributed by atoms with Gasteiger partial charge in [-0.15, -0.1) is 0 Å². The summed E-state index contributed by atoms with van der Waals surface area (Å²) in [6.07, 6.45) is 1.71. The van der Waals surface area contributed by atoms with Gasteiger partial charge in [0.1, 0.15) is 12.1 Å². The number of carboxylic acids is 1. The van der Waals surface area contributed by atoms with E-state index in [9.17, 15) is 28.8 Å². The lowest BCUT2D eigenvalue weighted by molar-refractivity contribution is -0.142. The van der Waals surface area contributed by atoms with E-state index in [1.54, 1.807) is 22.8 Å². The number of nitrogens with one attached hydrogen (secondary N) is 2. The second-order valence-corrected chi connectivity index (χ2v) is 12.8. The standard InChI is InChI=1S/C33H36ClN7O7/c1-19(2)41-26-11-10-22(14-24(26)31(46)40(33(41)48)17-20-6-7-20)37-32(47)38-12-13-39(28(42)4-3-5-29(43)44)27(18-38)30(45)36-23-9-8-21(16-35)25(34)15-23/h8-11,14-15,19-20,27H,3-7,12-13,17-18H2,1-2H3,(H,36,45)(H,37,47)(H,43,44). The molecular weight excluding hydrogens is 642 g/mol. The molecule has 2 aromatic carbocycles. The molecular formula is C33H36ClN7O7. The highest BCUT2D eigenvalue weighted by Crippen LogP contribution is 2.30. The minimum Gasteiger partial charge on any atom is -0.481 e. The summed E-state index contributed by atoms with van der Waals surface area (Å²) in [4.78, 5) is 80.6. The molecule has 1 aliphatic carbocycles. The van der Waals surface area contributed by atoms with E-state index in [1.165, 1.54) is 32.6 Å². The number of aliphatic carboxylic acids is 1. The van der Waals surface area contributed by atoms with Crippen molar-refractivity contribution in [3.63, 3.8) is 0 Å². The molecule has 3 aromatic rings. The summed E-state index contributed by atoms with van der Waals surface area (Å²) in [5.74, 6) is -1.78. The predicted octanol–water partition coefficient (Wildman–Crippen LogP) is 3.62. The van der Waals surface area contributed by atoms with Crippen LogP contribution in [0.4, 0.5) is 16.2 Å². The molecule has 1 unspecified atom stereocenters. The Balaban J connectivity index is 1.38. The highest BCUT2D eigenvalue weighted by molar-refractivity contribution is 6.32. The first-order chi connectivity index (χ1) is 22.9. The molecule has 1 saturated carbocycles. The number of hydrogen-bond acceptors (Lipinski definition) is 7. The van der Waals surface area contributed by atoms with Gasteiger partial charge in [0.05, 0.1) is 28.0 Å². The minimum absolute atomic E-state index is 0.00972. The second kappa shape index (κ2) is 14.3. The van der Waals surface area contributed by atoms with Gasteiger partial charge in [-0.05, 0) is 75.4 Å². The molecule has 252 valence electrons. The number of urea groups is 1. The van der Waals surface area contributed by atoms with Gasteiger partial charge in [0.2, 0.25) is 11.8 Å². The van der Waals surface area contributed by atoms with Crippen molar-refractivity contribution in [3.8, 4) is 6.07 Å². The zero-order valence-corrected chi connectivity index (χ0v) is 27.3. The molecule has 1 aliphatic heterocycles. The molecule has 0 radical (unpaired) electrons. The van der Waals surface area contributed by atoms with Crippen molar-refractivity contribution in [1.82, 2.24) is 18.9 Å². The normalized spacial score (nSPS) is 16.1. The van der Waals surface area contributed by atoms with Crippen molar-refractivity contribution < 1.29 is 24.3 Å². The number of halogens is 1. The van der Waals surface area contributed by atoms with E-state index in [0.717, 1.165) is 12.8 Å². The van der Waals surface area contributed by atoms with Crippen LogP contribution >= 0.6 is 11.6 Å². The number of carbonyl (C=O) groups excluding carboxylic acids is 3. The van der Waals surface area contributed by atoms with Crippen LogP contribution in [0.15, 0.2) is 46.0 Å². The molecule has 0 spiro atoms. The van der Waals surface area contributed by atoms with Gasteiger partial charge in [-0.25, -0.2) is 9.59 Å². The quantitative estimate of drug-likeness (QED) is 0.290. The Bertz CT molecular complexity index is 1940. The third-order valence-electron chi connectivity index (χ3n) is 8.50. The number of hydrogen-bond donors (Lipinski definition) is 3. The van der Waals surface area contributed by atoms with Crippen LogP contribution in [0.3, 0.4) is 0 Å². The molecule has 1 aromatic heterocycles. The topological polar surface area (TPSA) is 187 Å². The van der Waals surface area contributed by atoms with Crippen molar-refractivity contribution in [2.24, 2.45) is 5.92 Å². The van der Waals surface area contributed by atoms with Crippen molar-refractivity contribution in [2.75, 3.05) is 30.3 Å². The van der Waals surface area contributed by atoms with Crippen molar-refractivity contribution in [1.29, 1.82) is 5.26 Å². The van der Waals surface area contributed by atoms with Gasteiger partial charge in [0.15, 0.2) is 0 Å². The van der Waals surface area contributed by atoms with Crippen molar-refractivity contribution in [3.05, 3.63) is 67.8 Å². The monoisotopic (exact) mass is 677 g/mol. The van der Waals surface area contributed by atoms with Crippen molar-refractivity contribution in [2.45, 2.75) is 64.6 Å². The number of nitrogens with zero attached hydrogens (tertiary/aromatic N) is 5. The first-order valence-electron chi connectivity index (χ1n) is 15.7. The van der Waals surface area contributed by atoms with Crippen LogP contribution in [-0.2, 0) is 20.9 Å². The number of carbonyl (C=O) groups is 4. The summed E-state index contributed by atoms with van der Waals surface area (Å²) in [5.41, 5.74) is 0.482. The van der Waals surface area contributed by atoms with Gasteiger partial charge in [-0.2, -0.15) is 5.26 Å². The van der Waals surface area contributed by atoms with E-state index in [-0.39, 0.29) is 78.2 Å². The first-order valence-corrected chi connectivity index (χ1v) is 16.1. The lowest BCUT2D eigenvalue weighted by atomic mass is 10.1. The lowest BCUT2D eigenvalue weighted by Crippen LogP contribution is -2.61. The summed E-state index contributed by atoms with van der Waals surface area (Å²) < 4.78 is 2.84. The largest absolute Gasteiger partial charge is 0.481 e. The van der Waals surface area contributed by atoms with Gasteiger partial charge in [0.25, 0.3) is 5.56 Å². The molecule has 2 heterocycles.